The number of hydrogen-bond acceptors (Lipinski definition) is 7. The van der Waals surface area contributed by atoms with Crippen LogP contribution in [-0.4, -0.2) is 31.6 Å². The number of nitrogens with zero attached hydrogens (tertiary/aromatic N) is 2. The quantitative estimate of drug-likeness (QED) is 0.0399. The molecule has 2 atom stereocenters. The topological polar surface area (TPSA) is 46.6 Å². The van der Waals surface area contributed by atoms with Gasteiger partial charge in [0.25, 0.3) is 0 Å². The van der Waals surface area contributed by atoms with Crippen LogP contribution in [0.4, 0.5) is 5.69 Å². The number of hydrogen-bond donors (Lipinski definition) is 0. The minimum atomic E-state index is -1.95. The average molecular weight is 995 g/mol. The van der Waals surface area contributed by atoms with E-state index in [1.54, 1.807) is 45.3 Å². The molecule has 0 aliphatic rings. The Balaban J connectivity index is 0.000000307. The van der Waals surface area contributed by atoms with E-state index in [-0.39, 0.29) is 0 Å². The van der Waals surface area contributed by atoms with Gasteiger partial charge in [0, 0.05) is 0 Å². The Morgan fingerprint density at radius 3 is 1.64 bits per heavy atom. The first-order chi connectivity index (χ1) is 26.6. The van der Waals surface area contributed by atoms with Gasteiger partial charge < -0.3 is 9.47 Å². The van der Waals surface area contributed by atoms with Gasteiger partial charge in [0.2, 0.25) is 5.69 Å². The molecule has 4 rings (SSSR count). The van der Waals surface area contributed by atoms with Crippen molar-refractivity contribution in [1.82, 2.24) is 0 Å². The van der Waals surface area contributed by atoms with Crippen LogP contribution in [0.5, 0.6) is 11.5 Å². The van der Waals surface area contributed by atoms with Crippen LogP contribution in [0.3, 0.4) is 0 Å². The predicted molar refractivity (Wildman–Crippen MR) is 252 cm³/mol. The molecule has 0 aliphatic carbocycles. The van der Waals surface area contributed by atoms with E-state index in [1.807, 2.05) is 22.9 Å². The number of unbranched alkanes of at least 4 members (excludes halogenated alkanes) is 8. The van der Waals surface area contributed by atoms with E-state index in [1.165, 1.54) is 106 Å². The Hall–Kier alpha value is -1.34. The number of ether oxygens (including phenoxy) is 2. The molecule has 304 valence electrons. The Labute approximate surface area is 363 Å². The molecular weight excluding hydrogens is 927 g/mol. The Kier molecular flexibility index (Phi) is 27.0. The zero-order valence-electron chi connectivity index (χ0n) is 34.7. The Morgan fingerprint density at radius 2 is 1.15 bits per heavy atom. The summed E-state index contributed by atoms with van der Waals surface area (Å²) in [7, 11) is 0. The van der Waals surface area contributed by atoms with Crippen LogP contribution >= 0.6 is 61.3 Å². The van der Waals surface area contributed by atoms with Gasteiger partial charge in [-0.1, -0.05) is 105 Å². The average Bonchev–Trinajstić information content (AvgIpc) is 4.01. The van der Waals surface area contributed by atoms with Crippen molar-refractivity contribution in [2.45, 2.75) is 145 Å². The molecule has 0 N–H and O–H groups in total. The molecule has 0 bridgehead atoms. The van der Waals surface area contributed by atoms with Gasteiger partial charge in [0.15, 0.2) is 0 Å². The Morgan fingerprint density at radius 1 is 0.655 bits per heavy atom. The van der Waals surface area contributed by atoms with Crippen molar-refractivity contribution < 1.29 is 9.47 Å². The molecule has 0 amide bonds. The molecule has 0 aliphatic heterocycles. The molecule has 0 saturated heterocycles. The van der Waals surface area contributed by atoms with Crippen LogP contribution in [0, 0.1) is 29.7 Å². The predicted octanol–water partition coefficient (Wildman–Crippen LogP) is 17.0. The second kappa shape index (κ2) is 29.8. The van der Waals surface area contributed by atoms with Crippen LogP contribution in [0.2, 0.25) is 14.8 Å². The SMILES string of the molecule is CCCCCCC(CCCC)COc1ccsc1Br.[C-]#[N+]c1ccsc1-c1sccc1OCC(CCCC)CCCCCC.[CH3][Sn]([CH3])([CH3])[c]1sccc1C#N. The monoisotopic (exact) mass is 994 g/mol. The van der Waals surface area contributed by atoms with Gasteiger partial charge in [0.05, 0.1) is 29.5 Å². The molecule has 10 heteroatoms. The summed E-state index contributed by atoms with van der Waals surface area (Å²) in [5.41, 5.74) is 1.65. The number of halogens is 1. The number of nitriles is 1. The van der Waals surface area contributed by atoms with Gasteiger partial charge in [-0.3, -0.25) is 0 Å². The standard InChI is InChI=1S/C21H29NOS2.C16H27BrOS.C5H2NS.3CH3.Sn/c1-4-6-8-9-11-17(10-7-5-2)16-23-19-13-15-25-21(19)20-18(22-3)12-14-24-20;1-3-5-7-8-10-14(9-6-4-2)13-18-15-11-12-19-16(15)17;6-3-5-1-2-7-4-5;;;;/h12-15,17H,4-11,16H2,1-2H3;11-12,14H,3-10,13H2,1-2H3;1-2H;3*1H3;. The van der Waals surface area contributed by atoms with E-state index in [9.17, 15) is 0 Å². The van der Waals surface area contributed by atoms with Gasteiger partial charge in [-0.25, -0.2) is 4.85 Å². The van der Waals surface area contributed by atoms with Gasteiger partial charge in [-0.05, 0) is 87.8 Å². The number of thiophene rings is 4. The third-order valence-corrected chi connectivity index (χ3v) is 23.6. The fourth-order valence-electron chi connectivity index (χ4n) is 6.24. The molecule has 55 heavy (non-hydrogen) atoms. The summed E-state index contributed by atoms with van der Waals surface area (Å²) in [4.78, 5) is 12.8. The number of rotatable bonds is 24. The van der Waals surface area contributed by atoms with Crippen LogP contribution in [0.25, 0.3) is 14.6 Å². The van der Waals surface area contributed by atoms with E-state index in [0.717, 1.165) is 55.4 Å². The second-order valence-electron chi connectivity index (χ2n) is 15.3. The van der Waals surface area contributed by atoms with Crippen molar-refractivity contribution >= 4 is 88.2 Å². The normalized spacial score (nSPS) is 12.0. The first-order valence-electron chi connectivity index (χ1n) is 20.6. The van der Waals surface area contributed by atoms with E-state index in [4.69, 9.17) is 21.3 Å². The molecule has 0 spiro atoms. The summed E-state index contributed by atoms with van der Waals surface area (Å²) in [5.74, 6) is 3.34. The summed E-state index contributed by atoms with van der Waals surface area (Å²) in [6.45, 7) is 18.1. The fraction of sp³-hybridized carbons (Fsp3) is 0.600. The summed E-state index contributed by atoms with van der Waals surface area (Å²) in [5, 5.41) is 16.9. The molecule has 0 saturated carbocycles. The van der Waals surface area contributed by atoms with Crippen molar-refractivity contribution in [3.05, 3.63) is 66.6 Å². The van der Waals surface area contributed by atoms with E-state index in [2.05, 4.69) is 92.3 Å². The first kappa shape index (κ1) is 49.8. The molecule has 0 radical (unpaired) electrons. The Bertz CT molecular complexity index is 1640. The maximum absolute atomic E-state index is 8.76. The summed E-state index contributed by atoms with van der Waals surface area (Å²) < 4.78 is 14.7. The summed E-state index contributed by atoms with van der Waals surface area (Å²) >= 11 is 8.33. The van der Waals surface area contributed by atoms with Crippen molar-refractivity contribution in [3.63, 3.8) is 0 Å². The zero-order chi connectivity index (χ0) is 40.3. The van der Waals surface area contributed by atoms with E-state index < -0.39 is 18.4 Å². The van der Waals surface area contributed by atoms with Crippen LogP contribution in [0.15, 0.2) is 49.6 Å². The van der Waals surface area contributed by atoms with Crippen molar-refractivity contribution in [1.29, 1.82) is 5.26 Å². The molecule has 4 aromatic rings. The molecule has 4 heterocycles. The first-order valence-corrected chi connectivity index (χ1v) is 34.9. The van der Waals surface area contributed by atoms with E-state index >= 15 is 0 Å². The van der Waals surface area contributed by atoms with Gasteiger partial charge in [0.1, 0.15) is 15.3 Å². The van der Waals surface area contributed by atoms with Crippen molar-refractivity contribution in [2.75, 3.05) is 13.2 Å². The molecule has 2 unspecified atom stereocenters. The second-order valence-corrected chi connectivity index (χ2v) is 35.6. The zero-order valence-corrected chi connectivity index (χ0v) is 42.4. The molecule has 0 fully saturated rings. The fourth-order valence-corrected chi connectivity index (χ4v) is 16.5. The van der Waals surface area contributed by atoms with Crippen molar-refractivity contribution in [3.8, 4) is 27.3 Å². The maximum atomic E-state index is 8.76. The van der Waals surface area contributed by atoms with Crippen LogP contribution < -0.4 is 12.4 Å². The third kappa shape index (κ3) is 19.8. The molecule has 4 nitrogen and oxygen atoms in total. The molecular formula is C45H67BrN2O2S4Sn. The third-order valence-electron chi connectivity index (χ3n) is 9.46. The van der Waals surface area contributed by atoms with Gasteiger partial charge >= 0.3 is 75.8 Å². The molecule has 4 aromatic heterocycles. The van der Waals surface area contributed by atoms with E-state index in [0.29, 0.717) is 5.92 Å². The molecule has 0 aromatic carbocycles. The van der Waals surface area contributed by atoms with Crippen LogP contribution in [0.1, 0.15) is 136 Å². The minimum absolute atomic E-state index is 0.647. The summed E-state index contributed by atoms with van der Waals surface area (Å²) in [6.07, 6.45) is 21.0. The van der Waals surface area contributed by atoms with Crippen molar-refractivity contribution in [2.24, 2.45) is 11.8 Å². The summed E-state index contributed by atoms with van der Waals surface area (Å²) in [6, 6.07) is 10.2. The van der Waals surface area contributed by atoms with Gasteiger partial charge in [-0.2, -0.15) is 11.3 Å². The van der Waals surface area contributed by atoms with Crippen LogP contribution in [-0.2, 0) is 0 Å². The van der Waals surface area contributed by atoms with Gasteiger partial charge in [-0.15, -0.1) is 22.7 Å².